The van der Waals surface area contributed by atoms with Gasteiger partial charge in [0.1, 0.15) is 24.3 Å². The van der Waals surface area contributed by atoms with Gasteiger partial charge in [-0.2, -0.15) is 0 Å². The zero-order valence-corrected chi connectivity index (χ0v) is 24.9. The van der Waals surface area contributed by atoms with Crippen LogP contribution in [0, 0.1) is 0 Å². The second-order valence-electron chi connectivity index (χ2n) is 11.1. The molecule has 3 amide bonds. The van der Waals surface area contributed by atoms with Crippen LogP contribution in [0.3, 0.4) is 0 Å². The summed E-state index contributed by atoms with van der Waals surface area (Å²) in [5.41, 5.74) is 2.40. The number of nitrogens with one attached hydrogen (secondary N) is 2. The summed E-state index contributed by atoms with van der Waals surface area (Å²) in [6, 6.07) is 11.8. The molecule has 2 aromatic carbocycles. The van der Waals surface area contributed by atoms with Crippen molar-refractivity contribution in [2.45, 2.75) is 76.8 Å². The maximum atomic E-state index is 13.8. The van der Waals surface area contributed by atoms with Crippen LogP contribution in [0.25, 0.3) is 0 Å². The smallest absolute Gasteiger partial charge is 0.408 e. The lowest BCUT2D eigenvalue weighted by Gasteiger charge is -2.29. The number of benzene rings is 2. The van der Waals surface area contributed by atoms with Gasteiger partial charge in [0.05, 0.1) is 23.5 Å². The number of alkyl carbamates (subject to hydrolysis) is 1. The fourth-order valence-electron chi connectivity index (χ4n) is 5.04. The highest BCUT2D eigenvalue weighted by Crippen LogP contribution is 2.39. The van der Waals surface area contributed by atoms with E-state index in [2.05, 4.69) is 26.6 Å². The van der Waals surface area contributed by atoms with Gasteiger partial charge in [-0.25, -0.2) is 4.79 Å². The number of ketones is 1. The Hall–Kier alpha value is -3.73. The lowest BCUT2D eigenvalue weighted by molar-refractivity contribution is -0.156. The molecule has 0 unspecified atom stereocenters. The number of hydrogen-bond donors (Lipinski definition) is 2. The number of alkyl halides is 1. The Balaban J connectivity index is 1.51. The van der Waals surface area contributed by atoms with E-state index in [4.69, 9.17) is 9.47 Å². The van der Waals surface area contributed by atoms with Gasteiger partial charge in [-0.3, -0.25) is 24.1 Å². The molecule has 2 aliphatic heterocycles. The summed E-state index contributed by atoms with van der Waals surface area (Å²) < 4.78 is 10.7. The molecule has 0 bridgehead atoms. The van der Waals surface area contributed by atoms with Crippen molar-refractivity contribution in [1.29, 1.82) is 0 Å². The topological polar surface area (TPSA) is 131 Å². The maximum absolute atomic E-state index is 13.8. The largest absolute Gasteiger partial charge is 0.460 e. The predicted molar refractivity (Wildman–Crippen MR) is 154 cm³/mol. The molecule has 2 aliphatic rings. The Morgan fingerprint density at radius 2 is 1.76 bits per heavy atom. The standard InChI is InChI=1S/C30H34BrN3O7/c1-30(2,3)41-25(36)15-22(24(35)16-31)32-27(37)23-14-20-11-7-10-19-12-13-21(28(38)34(23)26(19)20)33-29(39)40-17-18-8-5-4-6-9-18/h4-11,21-23H,12-17H2,1-3H3,(H,32,37)(H,33,39)/t21-,22-,23-/m0/s1. The highest BCUT2D eigenvalue weighted by molar-refractivity contribution is 9.09. The van der Waals surface area contributed by atoms with Gasteiger partial charge in [0, 0.05) is 6.42 Å². The molecule has 41 heavy (non-hydrogen) atoms. The average Bonchev–Trinajstić information content (AvgIpc) is 3.26. The summed E-state index contributed by atoms with van der Waals surface area (Å²) in [5, 5.41) is 5.28. The molecule has 0 spiro atoms. The molecule has 10 nitrogen and oxygen atoms in total. The molecule has 2 N–H and O–H groups in total. The number of anilines is 1. The van der Waals surface area contributed by atoms with Crippen molar-refractivity contribution in [1.82, 2.24) is 10.6 Å². The van der Waals surface area contributed by atoms with Gasteiger partial charge in [-0.15, -0.1) is 0 Å². The highest BCUT2D eigenvalue weighted by Gasteiger charge is 2.45. The monoisotopic (exact) mass is 627 g/mol. The Kier molecular flexibility index (Phi) is 9.47. The molecule has 0 saturated carbocycles. The molecule has 3 atom stereocenters. The zero-order chi connectivity index (χ0) is 29.7. The fourth-order valence-corrected chi connectivity index (χ4v) is 5.43. The number of Topliss-reactive ketones (excluding diaryl/α,β-unsaturated/α-hetero) is 1. The molecule has 0 aromatic heterocycles. The van der Waals surface area contributed by atoms with E-state index in [-0.39, 0.29) is 24.8 Å². The maximum Gasteiger partial charge on any atom is 0.408 e. The Morgan fingerprint density at radius 1 is 1.05 bits per heavy atom. The first-order valence-electron chi connectivity index (χ1n) is 13.5. The van der Waals surface area contributed by atoms with Crippen LogP contribution in [-0.2, 0) is 48.1 Å². The van der Waals surface area contributed by atoms with Crippen molar-refractivity contribution in [3.63, 3.8) is 0 Å². The molecule has 2 heterocycles. The number of carbonyl (C=O) groups excluding carboxylic acids is 5. The first-order valence-corrected chi connectivity index (χ1v) is 14.6. The van der Waals surface area contributed by atoms with E-state index in [9.17, 15) is 24.0 Å². The minimum Gasteiger partial charge on any atom is -0.460 e. The van der Waals surface area contributed by atoms with E-state index in [1.54, 1.807) is 20.8 Å². The van der Waals surface area contributed by atoms with E-state index >= 15 is 0 Å². The SMILES string of the molecule is CC(C)(C)OC(=O)C[C@H](NC(=O)[C@@H]1Cc2cccc3c2N1C(=O)[C@@H](NC(=O)OCc1ccccc1)CC3)C(=O)CBr. The number of aryl methyl sites for hydroxylation is 1. The van der Waals surface area contributed by atoms with E-state index < -0.39 is 53.4 Å². The molecule has 4 rings (SSSR count). The second kappa shape index (κ2) is 12.8. The van der Waals surface area contributed by atoms with E-state index in [0.29, 0.717) is 18.5 Å². The summed E-state index contributed by atoms with van der Waals surface area (Å²) in [5.74, 6) is -2.04. The number of carbonyl (C=O) groups is 5. The van der Waals surface area contributed by atoms with Crippen molar-refractivity contribution < 1.29 is 33.4 Å². The molecule has 218 valence electrons. The molecular weight excluding hydrogens is 594 g/mol. The zero-order valence-electron chi connectivity index (χ0n) is 23.3. The van der Waals surface area contributed by atoms with Crippen molar-refractivity contribution in [3.05, 3.63) is 65.2 Å². The summed E-state index contributed by atoms with van der Waals surface area (Å²) in [7, 11) is 0. The van der Waals surface area contributed by atoms with E-state index in [1.165, 1.54) is 4.90 Å². The lowest BCUT2D eigenvalue weighted by Crippen LogP contribution is -2.56. The molecule has 0 saturated heterocycles. The van der Waals surface area contributed by atoms with Crippen LogP contribution in [0.4, 0.5) is 10.5 Å². The normalized spacial score (nSPS) is 18.5. The van der Waals surface area contributed by atoms with Crippen LogP contribution >= 0.6 is 15.9 Å². The number of ether oxygens (including phenoxy) is 2. The summed E-state index contributed by atoms with van der Waals surface area (Å²) in [6.45, 7) is 5.19. The number of para-hydroxylation sites is 1. The third-order valence-corrected chi connectivity index (χ3v) is 7.39. The molecule has 0 aliphatic carbocycles. The quantitative estimate of drug-likeness (QED) is 0.322. The van der Waals surface area contributed by atoms with Crippen LogP contribution in [0.5, 0.6) is 0 Å². The van der Waals surface area contributed by atoms with Gasteiger partial charge < -0.3 is 20.1 Å². The number of nitrogens with zero attached hydrogens (tertiary/aromatic N) is 1. The molecule has 11 heteroatoms. The van der Waals surface area contributed by atoms with Crippen LogP contribution in [-0.4, -0.2) is 58.7 Å². The average molecular weight is 629 g/mol. The summed E-state index contributed by atoms with van der Waals surface area (Å²) in [4.78, 5) is 66.6. The molecule has 0 radical (unpaired) electrons. The number of esters is 1. The van der Waals surface area contributed by atoms with E-state index in [1.807, 2.05) is 48.5 Å². The summed E-state index contributed by atoms with van der Waals surface area (Å²) >= 11 is 3.12. The number of halogens is 1. The van der Waals surface area contributed by atoms with Gasteiger partial charge >= 0.3 is 12.1 Å². The van der Waals surface area contributed by atoms with Crippen LogP contribution in [0.15, 0.2) is 48.5 Å². The molecular formula is C30H34BrN3O7. The fraction of sp³-hybridized carbons (Fsp3) is 0.433. The van der Waals surface area contributed by atoms with Crippen LogP contribution in [0.2, 0.25) is 0 Å². The Morgan fingerprint density at radius 3 is 2.44 bits per heavy atom. The Bertz CT molecular complexity index is 1330. The first-order chi connectivity index (χ1) is 19.5. The highest BCUT2D eigenvalue weighted by atomic mass is 79.9. The van der Waals surface area contributed by atoms with Crippen molar-refractivity contribution in [2.24, 2.45) is 0 Å². The van der Waals surface area contributed by atoms with Crippen LogP contribution < -0.4 is 15.5 Å². The molecule has 0 fully saturated rings. The Labute approximate surface area is 247 Å². The van der Waals surface area contributed by atoms with Gasteiger partial charge in [0.25, 0.3) is 0 Å². The van der Waals surface area contributed by atoms with Crippen molar-refractivity contribution >= 4 is 51.3 Å². The van der Waals surface area contributed by atoms with Gasteiger partial charge in [0.15, 0.2) is 5.78 Å². The van der Waals surface area contributed by atoms with Crippen LogP contribution in [0.1, 0.15) is 50.3 Å². The second-order valence-corrected chi connectivity index (χ2v) is 11.7. The number of amides is 3. The van der Waals surface area contributed by atoms with E-state index in [0.717, 1.165) is 16.7 Å². The van der Waals surface area contributed by atoms with Crippen molar-refractivity contribution in [3.8, 4) is 0 Å². The number of rotatable bonds is 9. The lowest BCUT2D eigenvalue weighted by atomic mass is 10.0. The number of hydrogen-bond acceptors (Lipinski definition) is 7. The predicted octanol–water partition coefficient (Wildman–Crippen LogP) is 3.37. The van der Waals surface area contributed by atoms with Gasteiger partial charge in [-0.05, 0) is 50.3 Å². The third kappa shape index (κ3) is 7.52. The van der Waals surface area contributed by atoms with Crippen molar-refractivity contribution in [2.75, 3.05) is 10.2 Å². The third-order valence-electron chi connectivity index (χ3n) is 6.84. The minimum absolute atomic E-state index is 0.0489. The van der Waals surface area contributed by atoms with Gasteiger partial charge in [0.2, 0.25) is 11.8 Å². The first kappa shape index (κ1) is 30.2. The van der Waals surface area contributed by atoms with Gasteiger partial charge in [-0.1, -0.05) is 64.5 Å². The minimum atomic E-state index is -1.14. The molecule has 2 aromatic rings. The summed E-state index contributed by atoms with van der Waals surface area (Å²) in [6.07, 6.45) is -0.0209.